The molecule has 2 heterocycles. The van der Waals surface area contributed by atoms with Gasteiger partial charge in [-0.2, -0.15) is 5.10 Å². The third-order valence-corrected chi connectivity index (χ3v) is 8.85. The maximum Gasteiger partial charge on any atom is 0.253 e. The van der Waals surface area contributed by atoms with Gasteiger partial charge in [0.25, 0.3) is 11.8 Å². The van der Waals surface area contributed by atoms with Crippen molar-refractivity contribution in [1.82, 2.24) is 25.1 Å². The fourth-order valence-electron chi connectivity index (χ4n) is 5.42. The minimum atomic E-state index is -0.417. The highest BCUT2D eigenvalue weighted by molar-refractivity contribution is 7.99. The van der Waals surface area contributed by atoms with Gasteiger partial charge in [-0.1, -0.05) is 42.1 Å². The molecule has 0 bridgehead atoms. The molecule has 0 saturated carbocycles. The van der Waals surface area contributed by atoms with Gasteiger partial charge in [-0.05, 0) is 77.9 Å². The Hall–Kier alpha value is -5.69. The second-order valence-electron chi connectivity index (χ2n) is 10.9. The lowest BCUT2D eigenvalue weighted by Crippen LogP contribution is -2.28. The van der Waals surface area contributed by atoms with Gasteiger partial charge in [-0.3, -0.25) is 14.2 Å². The zero-order valence-corrected chi connectivity index (χ0v) is 27.8. The molecule has 250 valence electrons. The number of carbonyl (C=O) groups is 2. The second-order valence-corrected chi connectivity index (χ2v) is 11.8. The summed E-state index contributed by atoms with van der Waals surface area (Å²) in [5.74, 6) is 1.19. The number of methoxy groups -OCH3 is 3. The average molecular weight is 681 g/mol. The largest absolute Gasteiger partial charge is 0.497 e. The molecule has 5 aromatic rings. The molecule has 1 atom stereocenters. The predicted molar refractivity (Wildman–Crippen MR) is 183 cm³/mol. The number of thioether (sulfide) groups is 1. The molecule has 6 rings (SSSR count). The van der Waals surface area contributed by atoms with Crippen molar-refractivity contribution < 1.29 is 28.2 Å². The molecule has 11 nitrogen and oxygen atoms in total. The molecule has 0 fully saturated rings. The van der Waals surface area contributed by atoms with Gasteiger partial charge in [-0.25, -0.2) is 9.40 Å². The smallest absolute Gasteiger partial charge is 0.253 e. The molecule has 13 heteroatoms. The van der Waals surface area contributed by atoms with Crippen LogP contribution in [-0.2, 0) is 11.3 Å². The van der Waals surface area contributed by atoms with E-state index in [1.165, 1.54) is 43.1 Å². The van der Waals surface area contributed by atoms with Crippen LogP contribution in [0.4, 0.5) is 4.39 Å². The third kappa shape index (κ3) is 7.41. The van der Waals surface area contributed by atoms with Gasteiger partial charge in [0.15, 0.2) is 22.5 Å². The van der Waals surface area contributed by atoms with Crippen molar-refractivity contribution in [2.24, 2.45) is 5.10 Å². The third-order valence-electron chi connectivity index (χ3n) is 7.94. The monoisotopic (exact) mass is 680 g/mol. The zero-order valence-electron chi connectivity index (χ0n) is 27.0. The van der Waals surface area contributed by atoms with Crippen molar-refractivity contribution in [1.29, 1.82) is 0 Å². The number of nitrogens with one attached hydrogen (secondary N) is 1. The minimum Gasteiger partial charge on any atom is -0.497 e. The Morgan fingerprint density at radius 1 is 0.878 bits per heavy atom. The lowest BCUT2D eigenvalue weighted by molar-refractivity contribution is -0.130. The molecule has 1 N–H and O–H groups in total. The van der Waals surface area contributed by atoms with Crippen molar-refractivity contribution in [2.75, 3.05) is 27.1 Å². The number of hydrogen-bond acceptors (Lipinski definition) is 9. The first-order valence-corrected chi connectivity index (χ1v) is 16.3. The van der Waals surface area contributed by atoms with E-state index in [0.717, 1.165) is 22.5 Å². The number of carbonyl (C=O) groups excluding carboxylic acids is 2. The second kappa shape index (κ2) is 15.0. The molecule has 1 aromatic heterocycles. The van der Waals surface area contributed by atoms with Crippen molar-refractivity contribution in [3.05, 3.63) is 125 Å². The number of rotatable bonds is 12. The topological polar surface area (TPSA) is 120 Å². The molecular formula is C36H33FN6O5S. The van der Waals surface area contributed by atoms with Crippen LogP contribution in [0.1, 0.15) is 39.8 Å². The fourth-order valence-corrected chi connectivity index (χ4v) is 6.24. The molecule has 0 spiro atoms. The maximum absolute atomic E-state index is 13.8. The first-order chi connectivity index (χ1) is 23.9. The van der Waals surface area contributed by atoms with E-state index in [1.807, 2.05) is 54.6 Å². The molecule has 1 aliphatic rings. The van der Waals surface area contributed by atoms with Crippen LogP contribution in [0.15, 0.2) is 107 Å². The number of para-hydroxylation sites is 1. The summed E-state index contributed by atoms with van der Waals surface area (Å²) >= 11 is 1.21. The number of halogens is 1. The quantitative estimate of drug-likeness (QED) is 0.164. The SMILES string of the molecule is COc1ccc(C2=NN(C(=O)CSc3nnc(CNC(=O)c4ccc(OC)c(OC)c4)n3-c3ccccc3)[C@@H](c3ccc(F)cc3)C2)cc1. The molecule has 4 aromatic carbocycles. The van der Waals surface area contributed by atoms with Crippen LogP contribution in [0.5, 0.6) is 17.2 Å². The highest BCUT2D eigenvalue weighted by Crippen LogP contribution is 2.34. The van der Waals surface area contributed by atoms with E-state index in [2.05, 4.69) is 15.5 Å². The van der Waals surface area contributed by atoms with Crippen LogP contribution in [0.3, 0.4) is 0 Å². The first-order valence-electron chi connectivity index (χ1n) is 15.3. The van der Waals surface area contributed by atoms with E-state index in [0.29, 0.717) is 40.2 Å². The van der Waals surface area contributed by atoms with Gasteiger partial charge in [-0.15, -0.1) is 10.2 Å². The van der Waals surface area contributed by atoms with Gasteiger partial charge in [0.1, 0.15) is 11.6 Å². The molecule has 2 amide bonds. The molecular weight excluding hydrogens is 647 g/mol. The number of aromatic nitrogens is 3. The molecule has 0 aliphatic carbocycles. The predicted octanol–water partition coefficient (Wildman–Crippen LogP) is 5.83. The van der Waals surface area contributed by atoms with Gasteiger partial charge >= 0.3 is 0 Å². The standard InChI is InChI=1S/C36H33FN6O5S/c1-46-28-16-11-23(12-17-28)29-20-30(24-9-14-26(37)15-10-24)43(41-29)34(44)22-49-36-40-39-33(42(36)27-7-5-4-6-8-27)21-38-35(45)25-13-18-31(47-2)32(19-25)48-3/h4-19,30H,20-22H2,1-3H3,(H,38,45)/t30-/m1/s1. The van der Waals surface area contributed by atoms with Gasteiger partial charge in [0.2, 0.25) is 0 Å². The highest BCUT2D eigenvalue weighted by atomic mass is 32.2. The summed E-state index contributed by atoms with van der Waals surface area (Å²) in [6, 6.07) is 27.5. The lowest BCUT2D eigenvalue weighted by atomic mass is 9.98. The van der Waals surface area contributed by atoms with Crippen molar-refractivity contribution in [3.8, 4) is 22.9 Å². The number of nitrogens with zero attached hydrogens (tertiary/aromatic N) is 5. The summed E-state index contributed by atoms with van der Waals surface area (Å²) in [6.07, 6.45) is 0.457. The number of ether oxygens (including phenoxy) is 3. The number of hydrogen-bond donors (Lipinski definition) is 1. The Bertz CT molecular complexity index is 1970. The Morgan fingerprint density at radius 2 is 1.61 bits per heavy atom. The summed E-state index contributed by atoms with van der Waals surface area (Å²) < 4.78 is 31.5. The summed E-state index contributed by atoms with van der Waals surface area (Å²) in [6.45, 7) is 0.0673. The highest BCUT2D eigenvalue weighted by Gasteiger charge is 2.33. The molecule has 0 radical (unpaired) electrons. The Kier molecular flexibility index (Phi) is 10.2. The number of benzene rings is 4. The van der Waals surface area contributed by atoms with E-state index in [1.54, 1.807) is 42.0 Å². The average Bonchev–Trinajstić information content (AvgIpc) is 3.78. The van der Waals surface area contributed by atoms with Crippen molar-refractivity contribution in [2.45, 2.75) is 24.2 Å². The van der Waals surface area contributed by atoms with Crippen LogP contribution in [0.25, 0.3) is 5.69 Å². The minimum absolute atomic E-state index is 0.0000557. The van der Waals surface area contributed by atoms with Crippen LogP contribution < -0.4 is 19.5 Å². The summed E-state index contributed by atoms with van der Waals surface area (Å²) in [4.78, 5) is 26.9. The van der Waals surface area contributed by atoms with E-state index in [-0.39, 0.29) is 29.9 Å². The molecule has 0 unspecified atom stereocenters. The summed E-state index contributed by atoms with van der Waals surface area (Å²) in [5, 5.41) is 18.3. The Balaban J connectivity index is 1.22. The zero-order chi connectivity index (χ0) is 34.3. The van der Waals surface area contributed by atoms with E-state index in [9.17, 15) is 14.0 Å². The Morgan fingerprint density at radius 3 is 2.31 bits per heavy atom. The molecule has 1 aliphatic heterocycles. The maximum atomic E-state index is 13.8. The van der Waals surface area contributed by atoms with Crippen LogP contribution >= 0.6 is 11.8 Å². The van der Waals surface area contributed by atoms with Gasteiger partial charge in [0, 0.05) is 17.7 Å². The first kappa shape index (κ1) is 33.2. The Labute approximate surface area is 286 Å². The van der Waals surface area contributed by atoms with Gasteiger partial charge < -0.3 is 19.5 Å². The number of amides is 2. The summed E-state index contributed by atoms with van der Waals surface area (Å²) in [5.41, 5.74) is 3.52. The van der Waals surface area contributed by atoms with Crippen molar-refractivity contribution >= 4 is 29.3 Å². The van der Waals surface area contributed by atoms with E-state index < -0.39 is 6.04 Å². The fraction of sp³-hybridized carbons (Fsp3) is 0.194. The summed E-state index contributed by atoms with van der Waals surface area (Å²) in [7, 11) is 4.63. The van der Waals surface area contributed by atoms with Crippen LogP contribution in [0.2, 0.25) is 0 Å². The van der Waals surface area contributed by atoms with Crippen LogP contribution in [-0.4, -0.2) is 64.4 Å². The van der Waals surface area contributed by atoms with Crippen LogP contribution in [0, 0.1) is 5.82 Å². The van der Waals surface area contributed by atoms with E-state index >= 15 is 0 Å². The molecule has 0 saturated heterocycles. The normalized spacial score (nSPS) is 13.9. The van der Waals surface area contributed by atoms with E-state index in [4.69, 9.17) is 19.3 Å². The van der Waals surface area contributed by atoms with Gasteiger partial charge in [0.05, 0.1) is 45.4 Å². The lowest BCUT2D eigenvalue weighted by Gasteiger charge is -2.22. The van der Waals surface area contributed by atoms with Crippen molar-refractivity contribution in [3.63, 3.8) is 0 Å². The molecule has 49 heavy (non-hydrogen) atoms. The number of hydrazone groups is 1.